The van der Waals surface area contributed by atoms with Gasteiger partial charge in [0, 0.05) is 13.0 Å². The summed E-state index contributed by atoms with van der Waals surface area (Å²) in [6.07, 6.45) is 3.92. The van der Waals surface area contributed by atoms with Gasteiger partial charge in [0.25, 0.3) is 0 Å². The maximum absolute atomic E-state index is 9.81. The van der Waals surface area contributed by atoms with Gasteiger partial charge in [-0.1, -0.05) is 19.0 Å². The van der Waals surface area contributed by atoms with E-state index in [1.807, 2.05) is 0 Å². The van der Waals surface area contributed by atoms with E-state index < -0.39 is 6.10 Å². The first kappa shape index (κ1) is 13.5. The van der Waals surface area contributed by atoms with Crippen molar-refractivity contribution < 1.29 is 14.4 Å². The molecule has 1 aromatic rings. The molecule has 1 aromatic heterocycles. The first-order valence-corrected chi connectivity index (χ1v) is 6.74. The Balaban J connectivity index is 1.81. The molecular formula is C13H22N2O3. The lowest BCUT2D eigenvalue weighted by atomic mass is 10.0. The molecule has 2 unspecified atom stereocenters. The van der Waals surface area contributed by atoms with Gasteiger partial charge in [0.1, 0.15) is 0 Å². The van der Waals surface area contributed by atoms with Gasteiger partial charge in [-0.15, -0.1) is 0 Å². The number of ether oxygens (including phenoxy) is 1. The van der Waals surface area contributed by atoms with Crippen molar-refractivity contribution in [2.75, 3.05) is 6.61 Å². The number of aliphatic hydroxyl groups is 1. The van der Waals surface area contributed by atoms with E-state index in [1.165, 1.54) is 0 Å². The van der Waals surface area contributed by atoms with E-state index in [2.05, 4.69) is 24.0 Å². The minimum atomic E-state index is -0.402. The molecule has 2 atom stereocenters. The highest BCUT2D eigenvalue weighted by molar-refractivity contribution is 4.91. The fraction of sp³-hybridized carbons (Fsp3) is 0.846. The highest BCUT2D eigenvalue weighted by Gasteiger charge is 2.20. The summed E-state index contributed by atoms with van der Waals surface area (Å²) in [5.41, 5.74) is 0. The van der Waals surface area contributed by atoms with Crippen LogP contribution in [-0.2, 0) is 17.6 Å². The van der Waals surface area contributed by atoms with Gasteiger partial charge in [0.2, 0.25) is 5.89 Å². The van der Waals surface area contributed by atoms with Crippen molar-refractivity contribution in [3.05, 3.63) is 11.7 Å². The Morgan fingerprint density at radius 2 is 2.28 bits per heavy atom. The molecule has 0 spiro atoms. The predicted octanol–water partition coefficient (Wildman–Crippen LogP) is 1.74. The largest absolute Gasteiger partial charge is 0.393 e. The van der Waals surface area contributed by atoms with Crippen molar-refractivity contribution in [2.24, 2.45) is 5.92 Å². The van der Waals surface area contributed by atoms with Gasteiger partial charge < -0.3 is 14.4 Å². The monoisotopic (exact) mass is 254 g/mol. The molecule has 1 fully saturated rings. The summed E-state index contributed by atoms with van der Waals surface area (Å²) in [6.45, 7) is 5.00. The zero-order chi connectivity index (χ0) is 13.0. The molecular weight excluding hydrogens is 232 g/mol. The van der Waals surface area contributed by atoms with Crippen molar-refractivity contribution in [1.29, 1.82) is 0 Å². The lowest BCUT2D eigenvalue weighted by Gasteiger charge is -2.09. The van der Waals surface area contributed by atoms with Gasteiger partial charge in [-0.25, -0.2) is 0 Å². The fourth-order valence-corrected chi connectivity index (χ4v) is 2.29. The number of aliphatic hydroxyl groups excluding tert-OH is 1. The Morgan fingerprint density at radius 3 is 2.94 bits per heavy atom. The molecule has 0 aromatic carbocycles. The van der Waals surface area contributed by atoms with E-state index in [0.29, 0.717) is 30.5 Å². The summed E-state index contributed by atoms with van der Waals surface area (Å²) in [7, 11) is 0. The average Bonchev–Trinajstić information content (AvgIpc) is 2.89. The molecule has 0 aliphatic carbocycles. The number of hydrogen-bond donors (Lipinski definition) is 1. The lowest BCUT2D eigenvalue weighted by molar-refractivity contribution is 0.109. The predicted molar refractivity (Wildman–Crippen MR) is 66.1 cm³/mol. The van der Waals surface area contributed by atoms with E-state index in [4.69, 9.17) is 9.26 Å². The van der Waals surface area contributed by atoms with Crippen LogP contribution < -0.4 is 0 Å². The molecule has 0 bridgehead atoms. The summed E-state index contributed by atoms with van der Waals surface area (Å²) in [6, 6.07) is 0. The molecule has 5 nitrogen and oxygen atoms in total. The van der Waals surface area contributed by atoms with Gasteiger partial charge in [0.05, 0.1) is 18.6 Å². The topological polar surface area (TPSA) is 68.4 Å². The third-order valence-corrected chi connectivity index (χ3v) is 3.10. The highest BCUT2D eigenvalue weighted by atomic mass is 16.5. The van der Waals surface area contributed by atoms with Crippen LogP contribution in [0.2, 0.25) is 0 Å². The molecule has 1 aliphatic rings. The van der Waals surface area contributed by atoms with Crippen LogP contribution in [0.3, 0.4) is 0 Å². The Morgan fingerprint density at radius 1 is 1.44 bits per heavy atom. The normalized spacial score (nSPS) is 21.7. The molecule has 2 heterocycles. The van der Waals surface area contributed by atoms with Crippen molar-refractivity contribution >= 4 is 0 Å². The van der Waals surface area contributed by atoms with Gasteiger partial charge >= 0.3 is 0 Å². The van der Waals surface area contributed by atoms with Crippen LogP contribution >= 0.6 is 0 Å². The fourth-order valence-electron chi connectivity index (χ4n) is 2.29. The van der Waals surface area contributed by atoms with Crippen LogP contribution in [0.1, 0.15) is 44.8 Å². The van der Waals surface area contributed by atoms with Crippen LogP contribution in [0.15, 0.2) is 4.52 Å². The summed E-state index contributed by atoms with van der Waals surface area (Å²) in [5, 5.41) is 13.7. The van der Waals surface area contributed by atoms with Crippen molar-refractivity contribution in [3.63, 3.8) is 0 Å². The minimum Gasteiger partial charge on any atom is -0.393 e. The zero-order valence-electron chi connectivity index (χ0n) is 11.1. The molecule has 1 N–H and O–H groups in total. The Labute approximate surface area is 108 Å². The average molecular weight is 254 g/mol. The SMILES string of the molecule is CC(C)CC(O)Cc1nc(CC2CCCO2)no1. The van der Waals surface area contributed by atoms with Gasteiger partial charge in [-0.05, 0) is 25.2 Å². The van der Waals surface area contributed by atoms with Crippen LogP contribution in [0, 0.1) is 5.92 Å². The van der Waals surface area contributed by atoms with Gasteiger partial charge in [0.15, 0.2) is 5.82 Å². The maximum Gasteiger partial charge on any atom is 0.229 e. The second kappa shape index (κ2) is 6.29. The lowest BCUT2D eigenvalue weighted by Crippen LogP contribution is -2.14. The molecule has 1 aliphatic heterocycles. The van der Waals surface area contributed by atoms with E-state index in [9.17, 15) is 5.11 Å². The molecule has 0 radical (unpaired) electrons. The van der Waals surface area contributed by atoms with Gasteiger partial charge in [-0.3, -0.25) is 0 Å². The molecule has 5 heteroatoms. The van der Waals surface area contributed by atoms with E-state index in [-0.39, 0.29) is 6.10 Å². The van der Waals surface area contributed by atoms with Crippen LogP contribution in [0.5, 0.6) is 0 Å². The van der Waals surface area contributed by atoms with Crippen LogP contribution in [0.25, 0.3) is 0 Å². The molecule has 1 saturated heterocycles. The first-order chi connectivity index (χ1) is 8.63. The summed E-state index contributed by atoms with van der Waals surface area (Å²) in [5.74, 6) is 1.68. The van der Waals surface area contributed by atoms with Crippen LogP contribution in [0.4, 0.5) is 0 Å². The summed E-state index contributed by atoms with van der Waals surface area (Å²) in [4.78, 5) is 4.30. The Hall–Kier alpha value is -0.940. The van der Waals surface area contributed by atoms with Crippen molar-refractivity contribution in [1.82, 2.24) is 10.1 Å². The second-order valence-electron chi connectivity index (χ2n) is 5.43. The Kier molecular flexibility index (Phi) is 4.72. The molecule has 2 rings (SSSR count). The third-order valence-electron chi connectivity index (χ3n) is 3.10. The molecule has 0 saturated carbocycles. The minimum absolute atomic E-state index is 0.232. The number of hydrogen-bond acceptors (Lipinski definition) is 5. The van der Waals surface area contributed by atoms with E-state index in [1.54, 1.807) is 0 Å². The quantitative estimate of drug-likeness (QED) is 0.837. The maximum atomic E-state index is 9.81. The number of nitrogens with zero attached hydrogens (tertiary/aromatic N) is 2. The van der Waals surface area contributed by atoms with E-state index in [0.717, 1.165) is 25.9 Å². The van der Waals surface area contributed by atoms with E-state index >= 15 is 0 Å². The second-order valence-corrected chi connectivity index (χ2v) is 5.43. The summed E-state index contributed by atoms with van der Waals surface area (Å²) < 4.78 is 10.7. The number of rotatable bonds is 6. The van der Waals surface area contributed by atoms with Gasteiger partial charge in [-0.2, -0.15) is 4.98 Å². The number of aromatic nitrogens is 2. The first-order valence-electron chi connectivity index (χ1n) is 6.74. The molecule has 0 amide bonds. The third kappa shape index (κ3) is 4.07. The van der Waals surface area contributed by atoms with Crippen molar-refractivity contribution in [3.8, 4) is 0 Å². The van der Waals surface area contributed by atoms with Crippen molar-refractivity contribution in [2.45, 2.75) is 58.2 Å². The zero-order valence-corrected chi connectivity index (χ0v) is 11.1. The Bertz CT molecular complexity index is 359. The van der Waals surface area contributed by atoms with Crippen LogP contribution in [-0.4, -0.2) is 34.1 Å². The molecule has 102 valence electrons. The highest BCUT2D eigenvalue weighted by Crippen LogP contribution is 2.16. The summed E-state index contributed by atoms with van der Waals surface area (Å²) >= 11 is 0. The molecule has 18 heavy (non-hydrogen) atoms. The standard InChI is InChI=1S/C13H22N2O3/c1-9(2)6-10(16)7-13-14-12(15-18-13)8-11-4-3-5-17-11/h9-11,16H,3-8H2,1-2H3. The smallest absolute Gasteiger partial charge is 0.229 e.